The van der Waals surface area contributed by atoms with Crippen molar-refractivity contribution >= 4 is 11.6 Å². The molecule has 0 aromatic heterocycles. The lowest BCUT2D eigenvalue weighted by Crippen LogP contribution is -2.30. The summed E-state index contributed by atoms with van der Waals surface area (Å²) in [5, 5.41) is 0. The van der Waals surface area contributed by atoms with Gasteiger partial charge in [-0.3, -0.25) is 0 Å². The standard InChI is InChI=1S/C10H19ClO/c1-3-5-9-6-8(4-2)7-12-10(9)11/h8-10H,3-7H2,1-2H3. The number of hydrogen-bond donors (Lipinski definition) is 0. The van der Waals surface area contributed by atoms with Crippen LogP contribution in [0.1, 0.15) is 39.5 Å². The maximum atomic E-state index is 6.06. The third-order valence-corrected chi connectivity index (χ3v) is 3.22. The molecule has 0 aromatic rings. The number of alkyl halides is 1. The van der Waals surface area contributed by atoms with Gasteiger partial charge < -0.3 is 4.74 Å². The summed E-state index contributed by atoms with van der Waals surface area (Å²) in [4.78, 5) is 0. The van der Waals surface area contributed by atoms with Gasteiger partial charge in [-0.05, 0) is 24.7 Å². The van der Waals surface area contributed by atoms with Gasteiger partial charge in [0.1, 0.15) is 5.56 Å². The minimum Gasteiger partial charge on any atom is -0.362 e. The highest BCUT2D eigenvalue weighted by Crippen LogP contribution is 2.31. The van der Waals surface area contributed by atoms with Crippen molar-refractivity contribution in [2.45, 2.75) is 45.1 Å². The van der Waals surface area contributed by atoms with Crippen LogP contribution in [0.4, 0.5) is 0 Å². The van der Waals surface area contributed by atoms with Crippen LogP contribution in [0.5, 0.6) is 0 Å². The minimum absolute atomic E-state index is 0.0206. The predicted molar refractivity (Wildman–Crippen MR) is 52.4 cm³/mol. The zero-order valence-corrected chi connectivity index (χ0v) is 8.81. The molecule has 3 unspecified atom stereocenters. The second-order valence-electron chi connectivity index (χ2n) is 3.74. The lowest BCUT2D eigenvalue weighted by atomic mass is 9.88. The minimum atomic E-state index is -0.0206. The summed E-state index contributed by atoms with van der Waals surface area (Å²) in [5.74, 6) is 1.34. The van der Waals surface area contributed by atoms with E-state index in [1.165, 1.54) is 25.7 Å². The van der Waals surface area contributed by atoms with Crippen LogP contribution in [0.3, 0.4) is 0 Å². The Labute approximate surface area is 80.4 Å². The van der Waals surface area contributed by atoms with Crippen molar-refractivity contribution in [3.8, 4) is 0 Å². The quantitative estimate of drug-likeness (QED) is 0.620. The molecule has 0 radical (unpaired) electrons. The molecule has 0 saturated carbocycles. The molecule has 1 aliphatic rings. The number of hydrogen-bond acceptors (Lipinski definition) is 1. The molecular weight excluding hydrogens is 172 g/mol. The first kappa shape index (κ1) is 10.3. The van der Waals surface area contributed by atoms with Crippen molar-refractivity contribution < 1.29 is 4.74 Å². The second-order valence-corrected chi connectivity index (χ2v) is 4.17. The monoisotopic (exact) mass is 190 g/mol. The average molecular weight is 191 g/mol. The van der Waals surface area contributed by atoms with Gasteiger partial charge in [-0.15, -0.1) is 0 Å². The van der Waals surface area contributed by atoms with Crippen molar-refractivity contribution in [1.29, 1.82) is 0 Å². The van der Waals surface area contributed by atoms with E-state index in [0.717, 1.165) is 12.5 Å². The number of rotatable bonds is 3. The van der Waals surface area contributed by atoms with Crippen molar-refractivity contribution in [2.75, 3.05) is 6.61 Å². The summed E-state index contributed by atoms with van der Waals surface area (Å²) in [5.41, 5.74) is -0.0206. The molecule has 1 saturated heterocycles. The number of ether oxygens (including phenoxy) is 1. The van der Waals surface area contributed by atoms with Gasteiger partial charge in [-0.25, -0.2) is 0 Å². The maximum Gasteiger partial charge on any atom is 0.134 e. The van der Waals surface area contributed by atoms with E-state index in [4.69, 9.17) is 16.3 Å². The Bertz CT molecular complexity index is 127. The molecule has 0 aliphatic carbocycles. The molecule has 0 bridgehead atoms. The van der Waals surface area contributed by atoms with Gasteiger partial charge in [0.15, 0.2) is 0 Å². The molecule has 1 fully saturated rings. The van der Waals surface area contributed by atoms with E-state index in [0.29, 0.717) is 5.92 Å². The molecule has 0 spiro atoms. The van der Waals surface area contributed by atoms with Gasteiger partial charge >= 0.3 is 0 Å². The molecule has 0 aromatic carbocycles. The lowest BCUT2D eigenvalue weighted by Gasteiger charge is -2.32. The molecule has 0 amide bonds. The van der Waals surface area contributed by atoms with E-state index in [1.54, 1.807) is 0 Å². The Morgan fingerprint density at radius 1 is 1.42 bits per heavy atom. The summed E-state index contributed by atoms with van der Waals surface area (Å²) in [7, 11) is 0. The Balaban J connectivity index is 2.36. The molecule has 3 atom stereocenters. The van der Waals surface area contributed by atoms with Crippen molar-refractivity contribution in [3.05, 3.63) is 0 Å². The van der Waals surface area contributed by atoms with E-state index in [2.05, 4.69) is 13.8 Å². The van der Waals surface area contributed by atoms with Crippen LogP contribution in [-0.2, 0) is 4.74 Å². The van der Waals surface area contributed by atoms with Crippen LogP contribution < -0.4 is 0 Å². The first-order valence-electron chi connectivity index (χ1n) is 5.03. The van der Waals surface area contributed by atoms with E-state index >= 15 is 0 Å². The molecule has 1 nitrogen and oxygen atoms in total. The van der Waals surface area contributed by atoms with Crippen LogP contribution in [-0.4, -0.2) is 12.2 Å². The van der Waals surface area contributed by atoms with Gasteiger partial charge in [0.25, 0.3) is 0 Å². The fraction of sp³-hybridized carbons (Fsp3) is 1.00. The van der Waals surface area contributed by atoms with Crippen LogP contribution >= 0.6 is 11.6 Å². The zero-order valence-electron chi connectivity index (χ0n) is 8.05. The molecular formula is C10H19ClO. The summed E-state index contributed by atoms with van der Waals surface area (Å²) in [6.07, 6.45) is 4.92. The summed E-state index contributed by atoms with van der Waals surface area (Å²) in [6, 6.07) is 0. The first-order chi connectivity index (χ1) is 5.77. The average Bonchev–Trinajstić information content (AvgIpc) is 2.09. The third kappa shape index (κ3) is 2.63. The summed E-state index contributed by atoms with van der Waals surface area (Å²) in [6.45, 7) is 5.30. The molecule has 0 N–H and O–H groups in total. The van der Waals surface area contributed by atoms with Gasteiger partial charge in [0, 0.05) is 0 Å². The fourth-order valence-electron chi connectivity index (χ4n) is 1.87. The normalized spacial score (nSPS) is 36.8. The third-order valence-electron chi connectivity index (χ3n) is 2.73. The molecule has 12 heavy (non-hydrogen) atoms. The van der Waals surface area contributed by atoms with Crippen LogP contribution in [0.25, 0.3) is 0 Å². The Morgan fingerprint density at radius 2 is 2.17 bits per heavy atom. The Morgan fingerprint density at radius 3 is 2.75 bits per heavy atom. The van der Waals surface area contributed by atoms with Crippen molar-refractivity contribution in [1.82, 2.24) is 0 Å². The second kappa shape index (κ2) is 5.08. The summed E-state index contributed by atoms with van der Waals surface area (Å²) < 4.78 is 5.51. The van der Waals surface area contributed by atoms with Crippen LogP contribution in [0.15, 0.2) is 0 Å². The van der Waals surface area contributed by atoms with E-state index in [-0.39, 0.29) is 5.56 Å². The lowest BCUT2D eigenvalue weighted by molar-refractivity contribution is -0.0148. The summed E-state index contributed by atoms with van der Waals surface area (Å²) >= 11 is 6.06. The zero-order chi connectivity index (χ0) is 8.97. The largest absolute Gasteiger partial charge is 0.362 e. The smallest absolute Gasteiger partial charge is 0.134 e. The molecule has 72 valence electrons. The van der Waals surface area contributed by atoms with Crippen molar-refractivity contribution in [2.24, 2.45) is 11.8 Å². The number of halogens is 1. The SMILES string of the molecule is CCCC1CC(CC)COC1Cl. The van der Waals surface area contributed by atoms with Gasteiger partial charge in [0.05, 0.1) is 6.61 Å². The highest BCUT2D eigenvalue weighted by molar-refractivity contribution is 6.19. The Kier molecular flexibility index (Phi) is 4.38. The Hall–Kier alpha value is 0.250. The van der Waals surface area contributed by atoms with Gasteiger partial charge in [-0.1, -0.05) is 38.3 Å². The van der Waals surface area contributed by atoms with Crippen molar-refractivity contribution in [3.63, 3.8) is 0 Å². The highest BCUT2D eigenvalue weighted by Gasteiger charge is 2.28. The molecule has 1 rings (SSSR count). The maximum absolute atomic E-state index is 6.06. The van der Waals surface area contributed by atoms with Crippen LogP contribution in [0, 0.1) is 11.8 Å². The van der Waals surface area contributed by atoms with Crippen LogP contribution in [0.2, 0.25) is 0 Å². The predicted octanol–water partition coefficient (Wildman–Crippen LogP) is 3.41. The highest BCUT2D eigenvalue weighted by atomic mass is 35.5. The van der Waals surface area contributed by atoms with E-state index in [1.807, 2.05) is 0 Å². The topological polar surface area (TPSA) is 9.23 Å². The van der Waals surface area contributed by atoms with E-state index in [9.17, 15) is 0 Å². The van der Waals surface area contributed by atoms with E-state index < -0.39 is 0 Å². The van der Waals surface area contributed by atoms with Gasteiger partial charge in [0.2, 0.25) is 0 Å². The molecule has 1 aliphatic heterocycles. The molecule has 1 heterocycles. The first-order valence-corrected chi connectivity index (χ1v) is 5.47. The molecule has 2 heteroatoms. The van der Waals surface area contributed by atoms with Gasteiger partial charge in [-0.2, -0.15) is 0 Å². The fourth-order valence-corrected chi connectivity index (χ4v) is 2.17.